The number of anilines is 4. The second kappa shape index (κ2) is 15.0. The number of likely N-dealkylation sites (tertiary alicyclic amines) is 1. The van der Waals surface area contributed by atoms with Crippen LogP contribution in [-0.2, 0) is 9.53 Å². The molecule has 1 atom stereocenters. The third kappa shape index (κ3) is 7.24. The molecule has 12 nitrogen and oxygen atoms in total. The highest BCUT2D eigenvalue weighted by Gasteiger charge is 2.41. The molecule has 12 heteroatoms. The topological polar surface area (TPSA) is 124 Å². The van der Waals surface area contributed by atoms with E-state index in [-0.39, 0.29) is 23.9 Å². The molecular weight excluding hydrogens is 584 g/mol. The number of hydrogen-bond acceptors (Lipinski definition) is 10. The Hall–Kier alpha value is -3.48. The van der Waals surface area contributed by atoms with Crippen molar-refractivity contribution in [3.05, 3.63) is 30.0 Å². The van der Waals surface area contributed by atoms with Crippen molar-refractivity contribution in [3.8, 4) is 5.75 Å². The van der Waals surface area contributed by atoms with Gasteiger partial charge in [0.15, 0.2) is 5.82 Å². The van der Waals surface area contributed by atoms with Gasteiger partial charge in [-0.25, -0.2) is 4.98 Å². The van der Waals surface area contributed by atoms with Crippen molar-refractivity contribution in [3.63, 3.8) is 0 Å². The standard InChI is InChI=1S/C34H50N8O4/c1-4-28-33(44)40(2)29-22-36-34(39-31(29)42(28)25-7-5-6-8-25)38-27-10-9-23(21-30(27)45-3)32(43)37-24-13-17-41(18-14-24)19-20-46-26-11-15-35-16-12-26/h9-10,21-22,24-26,28,35H,4-8,11-20H2,1-3H3,(H,37,43)(H,36,38,39)/t28-/m1/s1. The maximum Gasteiger partial charge on any atom is 0.251 e. The highest BCUT2D eigenvalue weighted by Crippen LogP contribution is 2.40. The number of hydrogen-bond donors (Lipinski definition) is 3. The van der Waals surface area contributed by atoms with Gasteiger partial charge >= 0.3 is 0 Å². The normalized spacial score (nSPS) is 21.8. The Morgan fingerprint density at radius 3 is 2.57 bits per heavy atom. The van der Waals surface area contributed by atoms with Crippen LogP contribution in [0, 0.1) is 0 Å². The van der Waals surface area contributed by atoms with Crippen molar-refractivity contribution < 1.29 is 19.1 Å². The molecule has 4 heterocycles. The van der Waals surface area contributed by atoms with Gasteiger partial charge in [-0.1, -0.05) is 19.8 Å². The minimum absolute atomic E-state index is 0.0879. The average molecular weight is 635 g/mol. The van der Waals surface area contributed by atoms with Crippen LogP contribution in [0.3, 0.4) is 0 Å². The summed E-state index contributed by atoms with van der Waals surface area (Å²) < 4.78 is 11.8. The maximum atomic E-state index is 13.2. The van der Waals surface area contributed by atoms with Crippen molar-refractivity contribution >= 4 is 35.0 Å². The molecule has 1 aromatic carbocycles. The molecule has 2 aromatic rings. The number of methoxy groups -OCH3 is 1. The van der Waals surface area contributed by atoms with Crippen LogP contribution in [0.4, 0.5) is 23.1 Å². The molecule has 2 amide bonds. The Balaban J connectivity index is 1.06. The van der Waals surface area contributed by atoms with Crippen LogP contribution in [0.25, 0.3) is 0 Å². The van der Waals surface area contributed by atoms with Crippen molar-refractivity contribution in [1.29, 1.82) is 0 Å². The van der Waals surface area contributed by atoms with Gasteiger partial charge in [0, 0.05) is 44.3 Å². The van der Waals surface area contributed by atoms with E-state index in [1.54, 1.807) is 37.4 Å². The largest absolute Gasteiger partial charge is 0.495 e. The Morgan fingerprint density at radius 1 is 1.09 bits per heavy atom. The average Bonchev–Trinajstić information content (AvgIpc) is 3.62. The van der Waals surface area contributed by atoms with Crippen LogP contribution < -0.4 is 30.5 Å². The summed E-state index contributed by atoms with van der Waals surface area (Å²) >= 11 is 0. The van der Waals surface area contributed by atoms with Gasteiger partial charge in [0.25, 0.3) is 5.91 Å². The monoisotopic (exact) mass is 634 g/mol. The number of nitrogens with zero attached hydrogens (tertiary/aromatic N) is 5. The smallest absolute Gasteiger partial charge is 0.251 e. The Bertz CT molecular complexity index is 1350. The predicted molar refractivity (Wildman–Crippen MR) is 179 cm³/mol. The van der Waals surface area contributed by atoms with Crippen LogP contribution in [0.2, 0.25) is 0 Å². The van der Waals surface area contributed by atoms with Crippen molar-refractivity contribution in [1.82, 2.24) is 25.5 Å². The van der Waals surface area contributed by atoms with Gasteiger partial charge in [-0.3, -0.25) is 9.59 Å². The van der Waals surface area contributed by atoms with Gasteiger partial charge in [0.05, 0.1) is 31.7 Å². The first-order valence-electron chi connectivity index (χ1n) is 17.2. The fraction of sp³-hybridized carbons (Fsp3) is 0.647. The molecule has 4 aliphatic rings. The van der Waals surface area contributed by atoms with Crippen molar-refractivity contribution in [2.24, 2.45) is 0 Å². The van der Waals surface area contributed by atoms with Crippen LogP contribution in [0.5, 0.6) is 5.75 Å². The Kier molecular flexibility index (Phi) is 10.6. The lowest BCUT2D eigenvalue weighted by atomic mass is 10.0. The van der Waals surface area contributed by atoms with E-state index in [2.05, 4.69) is 37.7 Å². The van der Waals surface area contributed by atoms with Crippen molar-refractivity contribution in [2.45, 2.75) is 88.9 Å². The number of carbonyl (C=O) groups excluding carboxylic acids is 2. The fourth-order valence-electron chi connectivity index (χ4n) is 7.38. The highest BCUT2D eigenvalue weighted by atomic mass is 16.5. The number of piperidine rings is 2. The predicted octanol–water partition coefficient (Wildman–Crippen LogP) is 3.70. The number of nitrogens with one attached hydrogen (secondary N) is 3. The van der Waals surface area contributed by atoms with E-state index in [0.717, 1.165) is 109 Å². The second-order valence-electron chi connectivity index (χ2n) is 13.0. The van der Waals surface area contributed by atoms with Crippen LogP contribution in [-0.4, -0.2) is 104 Å². The molecule has 2 saturated heterocycles. The molecule has 250 valence electrons. The summed E-state index contributed by atoms with van der Waals surface area (Å²) in [6, 6.07) is 5.59. The van der Waals surface area contributed by atoms with Gasteiger partial charge in [-0.15, -0.1) is 0 Å². The third-order valence-electron chi connectivity index (χ3n) is 10.1. The van der Waals surface area contributed by atoms with E-state index < -0.39 is 0 Å². The summed E-state index contributed by atoms with van der Waals surface area (Å²) in [5.41, 5.74) is 1.94. The van der Waals surface area contributed by atoms with Gasteiger partial charge in [0.1, 0.15) is 17.5 Å². The molecule has 1 aliphatic carbocycles. The lowest BCUT2D eigenvalue weighted by Crippen LogP contribution is -2.55. The number of ether oxygens (including phenoxy) is 2. The Morgan fingerprint density at radius 2 is 1.85 bits per heavy atom. The number of aromatic nitrogens is 2. The molecule has 1 saturated carbocycles. The van der Waals surface area contributed by atoms with Gasteiger partial charge in [-0.05, 0) is 76.2 Å². The highest BCUT2D eigenvalue weighted by molar-refractivity contribution is 6.04. The van der Waals surface area contributed by atoms with Crippen LogP contribution in [0.1, 0.15) is 75.1 Å². The minimum Gasteiger partial charge on any atom is -0.495 e. The number of amides is 2. The van der Waals surface area contributed by atoms with Gasteiger partial charge in [-0.2, -0.15) is 4.98 Å². The van der Waals surface area contributed by atoms with Gasteiger partial charge in [0.2, 0.25) is 11.9 Å². The first-order chi connectivity index (χ1) is 22.4. The van der Waals surface area contributed by atoms with Crippen LogP contribution in [0.15, 0.2) is 24.4 Å². The van der Waals surface area contributed by atoms with E-state index in [4.69, 9.17) is 14.5 Å². The molecule has 1 aromatic heterocycles. The first-order valence-corrected chi connectivity index (χ1v) is 17.2. The zero-order chi connectivity index (χ0) is 32.0. The molecule has 6 rings (SSSR count). The molecule has 0 bridgehead atoms. The summed E-state index contributed by atoms with van der Waals surface area (Å²) in [6.45, 7) is 7.77. The van der Waals surface area contributed by atoms with E-state index in [9.17, 15) is 9.59 Å². The van der Waals surface area contributed by atoms with E-state index in [0.29, 0.717) is 35.1 Å². The zero-order valence-corrected chi connectivity index (χ0v) is 27.6. The summed E-state index contributed by atoms with van der Waals surface area (Å²) in [6.07, 6.45) is 11.3. The third-order valence-corrected chi connectivity index (χ3v) is 10.1. The lowest BCUT2D eigenvalue weighted by Gasteiger charge is -2.43. The second-order valence-corrected chi connectivity index (χ2v) is 13.0. The van der Waals surface area contributed by atoms with E-state index in [1.165, 1.54) is 0 Å². The first kappa shape index (κ1) is 32.5. The number of fused-ring (bicyclic) bond motifs is 1. The summed E-state index contributed by atoms with van der Waals surface area (Å²) in [7, 11) is 3.39. The molecule has 3 aliphatic heterocycles. The SMILES string of the molecule is CC[C@@H]1C(=O)N(C)c2cnc(Nc3ccc(C(=O)NC4CCN(CCOC5CCNCC5)CC4)cc3OC)nc2N1C1CCCC1. The van der Waals surface area contributed by atoms with Crippen molar-refractivity contribution in [2.75, 3.05) is 68.6 Å². The van der Waals surface area contributed by atoms with Crippen LogP contribution >= 0.6 is 0 Å². The molecular formula is C34H50N8O4. The summed E-state index contributed by atoms with van der Waals surface area (Å²) in [5, 5.41) is 9.91. The molecule has 3 fully saturated rings. The van der Waals surface area contributed by atoms with Gasteiger partial charge < -0.3 is 40.1 Å². The zero-order valence-electron chi connectivity index (χ0n) is 27.6. The lowest BCUT2D eigenvalue weighted by molar-refractivity contribution is -0.120. The number of rotatable bonds is 11. The Labute approximate surface area is 272 Å². The molecule has 3 N–H and O–H groups in total. The number of carbonyl (C=O) groups is 2. The molecule has 0 unspecified atom stereocenters. The number of benzene rings is 1. The summed E-state index contributed by atoms with van der Waals surface area (Å²) in [4.78, 5) is 42.3. The molecule has 46 heavy (non-hydrogen) atoms. The number of likely N-dealkylation sites (N-methyl/N-ethyl adjacent to an activating group) is 1. The minimum atomic E-state index is -0.235. The van der Waals surface area contributed by atoms with E-state index in [1.807, 2.05) is 6.07 Å². The molecule has 0 radical (unpaired) electrons. The quantitative estimate of drug-likeness (QED) is 0.337. The van der Waals surface area contributed by atoms with E-state index >= 15 is 0 Å². The maximum absolute atomic E-state index is 13.2. The summed E-state index contributed by atoms with van der Waals surface area (Å²) in [5.74, 6) is 1.72. The molecule has 0 spiro atoms. The fourth-order valence-corrected chi connectivity index (χ4v) is 7.38.